The second kappa shape index (κ2) is 11.5. The Morgan fingerprint density at radius 1 is 0.889 bits per heavy atom. The Balaban J connectivity index is 1.75. The summed E-state index contributed by atoms with van der Waals surface area (Å²) in [6.07, 6.45) is 3.91. The van der Waals surface area contributed by atoms with Crippen molar-refractivity contribution in [2.75, 3.05) is 17.3 Å². The third kappa shape index (κ3) is 5.92. The van der Waals surface area contributed by atoms with Gasteiger partial charge in [0.25, 0.3) is 0 Å². The van der Waals surface area contributed by atoms with Gasteiger partial charge >= 0.3 is 11.8 Å². The van der Waals surface area contributed by atoms with E-state index in [9.17, 15) is 14.4 Å². The lowest BCUT2D eigenvalue weighted by atomic mass is 10.0. The number of anilines is 2. The van der Waals surface area contributed by atoms with Gasteiger partial charge in [-0.2, -0.15) is 0 Å². The van der Waals surface area contributed by atoms with E-state index in [1.807, 2.05) is 37.3 Å². The molecule has 4 rings (SSSR count). The van der Waals surface area contributed by atoms with Crippen molar-refractivity contribution >= 4 is 29.1 Å². The Morgan fingerprint density at radius 3 is 2.14 bits per heavy atom. The maximum atomic E-state index is 13.7. The second-order valence-electron chi connectivity index (χ2n) is 9.00. The number of benzene rings is 3. The molecule has 0 aliphatic heterocycles. The lowest BCUT2D eigenvalue weighted by Crippen LogP contribution is -2.49. The smallest absolute Gasteiger partial charge is 0.317 e. The molecule has 3 aromatic carbocycles. The molecule has 7 nitrogen and oxygen atoms in total. The van der Waals surface area contributed by atoms with Gasteiger partial charge in [0.1, 0.15) is 11.8 Å². The number of carbonyl (C=O) groups is 3. The normalized spacial score (nSPS) is 14.1. The van der Waals surface area contributed by atoms with Gasteiger partial charge < -0.3 is 15.4 Å². The van der Waals surface area contributed by atoms with Crippen LogP contribution in [0.25, 0.3) is 0 Å². The Morgan fingerprint density at radius 2 is 1.53 bits per heavy atom. The molecule has 3 amide bonds. The topological polar surface area (TPSA) is 87.7 Å². The van der Waals surface area contributed by atoms with Crippen LogP contribution in [0.4, 0.5) is 11.4 Å². The average Bonchev–Trinajstić information content (AvgIpc) is 3.41. The number of carbonyl (C=O) groups excluding carboxylic acids is 3. The SMILES string of the molecule is COc1ccc(N(C(=O)C(=O)Nc2ccccc2)C(C(=O)NC2CCCC2)c2ccc(C)cc2)cc1. The van der Waals surface area contributed by atoms with Gasteiger partial charge in [0.05, 0.1) is 7.11 Å². The van der Waals surface area contributed by atoms with Crippen molar-refractivity contribution in [3.63, 3.8) is 0 Å². The molecule has 1 unspecified atom stereocenters. The molecule has 2 N–H and O–H groups in total. The quantitative estimate of drug-likeness (QED) is 0.472. The first-order chi connectivity index (χ1) is 17.5. The van der Waals surface area contributed by atoms with Crippen LogP contribution in [0, 0.1) is 6.92 Å². The van der Waals surface area contributed by atoms with Crippen molar-refractivity contribution in [1.82, 2.24) is 5.32 Å². The first kappa shape index (κ1) is 25.0. The number of para-hydroxylation sites is 1. The molecule has 0 spiro atoms. The molecule has 1 aliphatic carbocycles. The molecule has 1 fully saturated rings. The van der Waals surface area contributed by atoms with E-state index < -0.39 is 17.9 Å². The van der Waals surface area contributed by atoms with Gasteiger partial charge in [-0.1, -0.05) is 60.9 Å². The largest absolute Gasteiger partial charge is 0.497 e. The van der Waals surface area contributed by atoms with E-state index in [0.29, 0.717) is 22.7 Å². The number of rotatable bonds is 7. The average molecular weight is 486 g/mol. The summed E-state index contributed by atoms with van der Waals surface area (Å²) in [5.74, 6) is -1.39. The molecule has 1 saturated carbocycles. The van der Waals surface area contributed by atoms with Crippen molar-refractivity contribution in [2.45, 2.75) is 44.7 Å². The highest BCUT2D eigenvalue weighted by atomic mass is 16.5. The zero-order chi connectivity index (χ0) is 25.5. The van der Waals surface area contributed by atoms with E-state index in [2.05, 4.69) is 10.6 Å². The number of hydrogen-bond donors (Lipinski definition) is 2. The summed E-state index contributed by atoms with van der Waals surface area (Å²) in [6, 6.07) is 22.0. The summed E-state index contributed by atoms with van der Waals surface area (Å²) in [6.45, 7) is 1.96. The van der Waals surface area contributed by atoms with Crippen LogP contribution < -0.4 is 20.3 Å². The van der Waals surface area contributed by atoms with E-state index in [1.165, 1.54) is 4.90 Å². The van der Waals surface area contributed by atoms with Crippen molar-refractivity contribution in [3.05, 3.63) is 90.0 Å². The highest BCUT2D eigenvalue weighted by molar-refractivity contribution is 6.45. The predicted molar refractivity (Wildman–Crippen MR) is 140 cm³/mol. The molecule has 1 aliphatic rings. The van der Waals surface area contributed by atoms with Gasteiger partial charge in [0.2, 0.25) is 5.91 Å². The maximum absolute atomic E-state index is 13.7. The molecular weight excluding hydrogens is 454 g/mol. The molecule has 1 atom stereocenters. The van der Waals surface area contributed by atoms with Crippen molar-refractivity contribution < 1.29 is 19.1 Å². The van der Waals surface area contributed by atoms with Crippen LogP contribution in [0.2, 0.25) is 0 Å². The Kier molecular flexibility index (Phi) is 8.00. The minimum Gasteiger partial charge on any atom is -0.497 e. The number of nitrogens with zero attached hydrogens (tertiary/aromatic N) is 1. The number of amides is 3. The maximum Gasteiger partial charge on any atom is 0.317 e. The van der Waals surface area contributed by atoms with Crippen LogP contribution >= 0.6 is 0 Å². The van der Waals surface area contributed by atoms with Crippen LogP contribution in [-0.2, 0) is 14.4 Å². The van der Waals surface area contributed by atoms with Gasteiger partial charge in [0, 0.05) is 17.4 Å². The summed E-state index contributed by atoms with van der Waals surface area (Å²) >= 11 is 0. The Hall–Kier alpha value is -4.13. The van der Waals surface area contributed by atoms with Gasteiger partial charge in [-0.25, -0.2) is 0 Å². The van der Waals surface area contributed by atoms with E-state index in [1.54, 1.807) is 55.6 Å². The van der Waals surface area contributed by atoms with Gasteiger partial charge in [0.15, 0.2) is 0 Å². The molecule has 0 heterocycles. The molecule has 0 saturated heterocycles. The molecule has 0 radical (unpaired) electrons. The third-order valence-corrected chi connectivity index (χ3v) is 6.40. The first-order valence-electron chi connectivity index (χ1n) is 12.2. The van der Waals surface area contributed by atoms with Crippen LogP contribution in [0.3, 0.4) is 0 Å². The van der Waals surface area contributed by atoms with Crippen LogP contribution in [-0.4, -0.2) is 30.9 Å². The number of nitrogens with one attached hydrogen (secondary N) is 2. The van der Waals surface area contributed by atoms with E-state index >= 15 is 0 Å². The predicted octanol–water partition coefficient (Wildman–Crippen LogP) is 4.78. The number of methoxy groups -OCH3 is 1. The minimum absolute atomic E-state index is 0.0522. The molecule has 186 valence electrons. The number of ether oxygens (including phenoxy) is 1. The summed E-state index contributed by atoms with van der Waals surface area (Å²) in [7, 11) is 1.55. The Labute approximate surface area is 211 Å². The van der Waals surface area contributed by atoms with Crippen molar-refractivity contribution in [2.24, 2.45) is 0 Å². The van der Waals surface area contributed by atoms with Crippen molar-refractivity contribution in [1.29, 1.82) is 0 Å². The first-order valence-corrected chi connectivity index (χ1v) is 12.2. The fourth-order valence-corrected chi connectivity index (χ4v) is 4.46. The fraction of sp³-hybridized carbons (Fsp3) is 0.276. The number of hydrogen-bond acceptors (Lipinski definition) is 4. The summed E-state index contributed by atoms with van der Waals surface area (Å²) < 4.78 is 5.27. The van der Waals surface area contributed by atoms with Crippen LogP contribution in [0.15, 0.2) is 78.9 Å². The van der Waals surface area contributed by atoms with Crippen LogP contribution in [0.5, 0.6) is 5.75 Å². The standard InChI is InChI=1S/C29H31N3O4/c1-20-12-14-21(15-13-20)26(27(33)30-22-10-6-7-11-22)32(24-16-18-25(36-2)19-17-24)29(35)28(34)31-23-8-4-3-5-9-23/h3-5,8-9,12-19,22,26H,6-7,10-11H2,1-2H3,(H,30,33)(H,31,34). The third-order valence-electron chi connectivity index (χ3n) is 6.40. The second-order valence-corrected chi connectivity index (χ2v) is 9.00. The van der Waals surface area contributed by atoms with Crippen LogP contribution in [0.1, 0.15) is 42.9 Å². The molecule has 7 heteroatoms. The highest BCUT2D eigenvalue weighted by Gasteiger charge is 2.37. The van der Waals surface area contributed by atoms with Gasteiger partial charge in [-0.15, -0.1) is 0 Å². The van der Waals surface area contributed by atoms with Crippen molar-refractivity contribution in [3.8, 4) is 5.75 Å². The molecular formula is C29H31N3O4. The van der Waals surface area contributed by atoms with E-state index in [0.717, 1.165) is 31.2 Å². The molecule has 3 aromatic rings. The summed E-state index contributed by atoms with van der Waals surface area (Å²) in [5, 5.41) is 5.77. The van der Waals surface area contributed by atoms with Gasteiger partial charge in [-0.3, -0.25) is 19.3 Å². The summed E-state index contributed by atoms with van der Waals surface area (Å²) in [4.78, 5) is 41.9. The zero-order valence-corrected chi connectivity index (χ0v) is 20.6. The zero-order valence-electron chi connectivity index (χ0n) is 20.6. The van der Waals surface area contributed by atoms with Gasteiger partial charge in [-0.05, 0) is 61.7 Å². The summed E-state index contributed by atoms with van der Waals surface area (Å²) in [5.41, 5.74) is 2.55. The minimum atomic E-state index is -1.03. The molecule has 36 heavy (non-hydrogen) atoms. The lowest BCUT2D eigenvalue weighted by Gasteiger charge is -2.32. The number of aryl methyl sites for hydroxylation is 1. The Bertz CT molecular complexity index is 1190. The van der Waals surface area contributed by atoms with E-state index in [-0.39, 0.29) is 11.9 Å². The van der Waals surface area contributed by atoms with E-state index in [4.69, 9.17) is 4.74 Å². The molecule has 0 aromatic heterocycles. The highest BCUT2D eigenvalue weighted by Crippen LogP contribution is 2.31. The fourth-order valence-electron chi connectivity index (χ4n) is 4.46. The lowest BCUT2D eigenvalue weighted by molar-refractivity contribution is -0.136. The monoisotopic (exact) mass is 485 g/mol. The molecule has 0 bridgehead atoms.